The summed E-state index contributed by atoms with van der Waals surface area (Å²) in [6.07, 6.45) is 4.38. The number of nitrogens with zero attached hydrogens (tertiary/aromatic N) is 4. The molecule has 0 spiro atoms. The van der Waals surface area contributed by atoms with Crippen LogP contribution in [-0.2, 0) is 11.2 Å². The molecule has 0 bridgehead atoms. The van der Waals surface area contributed by atoms with Crippen molar-refractivity contribution in [3.63, 3.8) is 0 Å². The lowest BCUT2D eigenvalue weighted by Crippen LogP contribution is -2.39. The molecule has 1 aliphatic rings. The summed E-state index contributed by atoms with van der Waals surface area (Å²) < 4.78 is 1.83. The Hall–Kier alpha value is -1.73. The fourth-order valence-corrected chi connectivity index (χ4v) is 3.59. The lowest BCUT2D eigenvalue weighted by Gasteiger charge is -2.32. The lowest BCUT2D eigenvalue weighted by atomic mass is 10.0. The number of carbonyl (C=O) groups excluding carboxylic acids is 1. The Balaban J connectivity index is 1.48. The van der Waals surface area contributed by atoms with Crippen molar-refractivity contribution in [1.29, 1.82) is 0 Å². The highest BCUT2D eigenvalue weighted by atomic mass is 32.1. The van der Waals surface area contributed by atoms with Gasteiger partial charge in [-0.15, -0.1) is 5.10 Å². The van der Waals surface area contributed by atoms with Crippen LogP contribution in [0.2, 0.25) is 0 Å². The quantitative estimate of drug-likeness (QED) is 0.910. The Morgan fingerprint density at radius 2 is 2.26 bits per heavy atom. The predicted octanol–water partition coefficient (Wildman–Crippen LogP) is 2.19. The Morgan fingerprint density at radius 1 is 1.48 bits per heavy atom. The molecule has 23 heavy (non-hydrogen) atoms. The molecule has 1 N–H and O–H groups in total. The Morgan fingerprint density at radius 3 is 2.87 bits per heavy atom. The Bertz CT molecular complexity index is 630. The highest BCUT2D eigenvalue weighted by Crippen LogP contribution is 2.23. The molecule has 0 aromatic carbocycles. The molecule has 3 heterocycles. The molecule has 1 amide bonds. The van der Waals surface area contributed by atoms with Crippen molar-refractivity contribution < 1.29 is 9.90 Å². The molecule has 1 unspecified atom stereocenters. The number of rotatable bonds is 5. The van der Waals surface area contributed by atoms with Crippen LogP contribution in [0.5, 0.6) is 0 Å². The van der Waals surface area contributed by atoms with Crippen molar-refractivity contribution in [3.8, 4) is 0 Å². The van der Waals surface area contributed by atoms with E-state index in [1.807, 2.05) is 21.2 Å². The second-order valence-corrected chi connectivity index (χ2v) is 6.82. The van der Waals surface area contributed by atoms with Gasteiger partial charge in [-0.2, -0.15) is 11.3 Å². The molecule has 7 heteroatoms. The molecule has 1 fully saturated rings. The first-order valence-electron chi connectivity index (χ1n) is 8.02. The maximum absolute atomic E-state index is 12.3. The normalized spacial score (nSPS) is 17.4. The second-order valence-electron chi connectivity index (χ2n) is 6.04. The second kappa shape index (κ2) is 7.23. The van der Waals surface area contributed by atoms with Crippen molar-refractivity contribution in [3.05, 3.63) is 34.3 Å². The number of aliphatic hydroxyl groups excluding tert-OH is 1. The number of likely N-dealkylation sites (tertiary alicyclic amines) is 1. The summed E-state index contributed by atoms with van der Waals surface area (Å²) in [4.78, 5) is 14.2. The number of aryl methyl sites for hydroxylation is 1. The number of hydrogen-bond donors (Lipinski definition) is 1. The first kappa shape index (κ1) is 16.1. The fourth-order valence-electron chi connectivity index (χ4n) is 2.88. The van der Waals surface area contributed by atoms with E-state index in [0.717, 1.165) is 32.4 Å². The van der Waals surface area contributed by atoms with Crippen LogP contribution in [-0.4, -0.2) is 44.0 Å². The topological polar surface area (TPSA) is 71.2 Å². The zero-order valence-electron chi connectivity index (χ0n) is 13.3. The summed E-state index contributed by atoms with van der Waals surface area (Å²) in [5.41, 5.74) is 1.84. The van der Waals surface area contributed by atoms with Crippen LogP contribution in [0.15, 0.2) is 23.0 Å². The molecular formula is C16H22N4O2S. The zero-order chi connectivity index (χ0) is 16.2. The minimum absolute atomic E-state index is 0.234. The summed E-state index contributed by atoms with van der Waals surface area (Å²) >= 11 is 1.67. The van der Waals surface area contributed by atoms with Crippen molar-refractivity contribution >= 4 is 17.2 Å². The third-order valence-corrected chi connectivity index (χ3v) is 5.09. The molecule has 1 aliphatic heterocycles. The molecule has 1 atom stereocenters. The number of piperidine rings is 1. The Labute approximate surface area is 139 Å². The minimum atomic E-state index is -0.595. The summed E-state index contributed by atoms with van der Waals surface area (Å²) in [5.74, 6) is 0.234. The average molecular weight is 334 g/mol. The van der Waals surface area contributed by atoms with Crippen molar-refractivity contribution in [2.75, 3.05) is 13.1 Å². The summed E-state index contributed by atoms with van der Waals surface area (Å²) in [7, 11) is 0. The molecule has 0 radical (unpaired) electrons. The van der Waals surface area contributed by atoms with Crippen LogP contribution >= 0.6 is 11.3 Å². The van der Waals surface area contributed by atoms with E-state index >= 15 is 0 Å². The van der Waals surface area contributed by atoms with Gasteiger partial charge < -0.3 is 10.0 Å². The largest absolute Gasteiger partial charge is 0.387 e. The van der Waals surface area contributed by atoms with Crippen molar-refractivity contribution in [2.45, 2.75) is 44.8 Å². The van der Waals surface area contributed by atoms with E-state index in [4.69, 9.17) is 0 Å². The van der Waals surface area contributed by atoms with E-state index < -0.39 is 6.10 Å². The maximum atomic E-state index is 12.3. The minimum Gasteiger partial charge on any atom is -0.387 e. The number of amides is 1. The number of aromatic nitrogens is 3. The lowest BCUT2D eigenvalue weighted by molar-refractivity contribution is -0.132. The Kier molecular flexibility index (Phi) is 5.07. The van der Waals surface area contributed by atoms with Crippen LogP contribution < -0.4 is 0 Å². The standard InChI is InChI=1S/C16H22N4O2S/c1-12(21)15-10-20(18-17-15)14-4-7-19(8-5-14)16(22)3-2-13-6-9-23-11-13/h6,9-12,14,21H,2-5,7-8H2,1H3. The van der Waals surface area contributed by atoms with Crippen LogP contribution in [0.1, 0.15) is 49.6 Å². The number of hydrogen-bond acceptors (Lipinski definition) is 5. The van der Waals surface area contributed by atoms with Crippen LogP contribution in [0, 0.1) is 0 Å². The molecule has 2 aromatic heterocycles. The molecule has 2 aromatic rings. The van der Waals surface area contributed by atoms with Gasteiger partial charge in [-0.3, -0.25) is 4.79 Å². The molecule has 0 saturated carbocycles. The summed E-state index contributed by atoms with van der Waals surface area (Å²) in [5, 5.41) is 21.8. The van der Waals surface area contributed by atoms with Crippen molar-refractivity contribution in [1.82, 2.24) is 19.9 Å². The van der Waals surface area contributed by atoms with Gasteiger partial charge in [0.25, 0.3) is 0 Å². The highest BCUT2D eigenvalue weighted by molar-refractivity contribution is 7.07. The van der Waals surface area contributed by atoms with Gasteiger partial charge in [0, 0.05) is 19.5 Å². The van der Waals surface area contributed by atoms with Crippen LogP contribution in [0.3, 0.4) is 0 Å². The molecule has 3 rings (SSSR count). The van der Waals surface area contributed by atoms with E-state index in [2.05, 4.69) is 21.8 Å². The van der Waals surface area contributed by atoms with Gasteiger partial charge >= 0.3 is 0 Å². The molecular weight excluding hydrogens is 312 g/mol. The van der Waals surface area contributed by atoms with Gasteiger partial charge in [-0.25, -0.2) is 4.68 Å². The number of aliphatic hydroxyl groups is 1. The third kappa shape index (κ3) is 3.97. The fraction of sp³-hybridized carbons (Fsp3) is 0.562. The number of carbonyl (C=O) groups is 1. The monoisotopic (exact) mass is 334 g/mol. The maximum Gasteiger partial charge on any atom is 0.222 e. The van der Waals surface area contributed by atoms with E-state index in [0.29, 0.717) is 12.1 Å². The van der Waals surface area contributed by atoms with Gasteiger partial charge in [0.05, 0.1) is 18.3 Å². The van der Waals surface area contributed by atoms with Crippen LogP contribution in [0.25, 0.3) is 0 Å². The first-order valence-corrected chi connectivity index (χ1v) is 8.96. The summed E-state index contributed by atoms with van der Waals surface area (Å²) in [6, 6.07) is 2.34. The molecule has 0 aliphatic carbocycles. The zero-order valence-corrected chi connectivity index (χ0v) is 14.1. The SMILES string of the molecule is CC(O)c1cn(C2CCN(C(=O)CCc3ccsc3)CC2)nn1. The van der Waals surface area contributed by atoms with Gasteiger partial charge in [-0.05, 0) is 48.6 Å². The van der Waals surface area contributed by atoms with E-state index in [-0.39, 0.29) is 11.9 Å². The molecule has 6 nitrogen and oxygen atoms in total. The van der Waals surface area contributed by atoms with Crippen molar-refractivity contribution in [2.24, 2.45) is 0 Å². The van der Waals surface area contributed by atoms with E-state index in [1.165, 1.54) is 5.56 Å². The van der Waals surface area contributed by atoms with Gasteiger partial charge in [0.15, 0.2) is 0 Å². The smallest absolute Gasteiger partial charge is 0.222 e. The highest BCUT2D eigenvalue weighted by Gasteiger charge is 2.24. The van der Waals surface area contributed by atoms with Gasteiger partial charge in [0.1, 0.15) is 5.69 Å². The average Bonchev–Trinajstić information content (AvgIpc) is 3.24. The molecule has 124 valence electrons. The predicted molar refractivity (Wildman–Crippen MR) is 88.1 cm³/mol. The van der Waals surface area contributed by atoms with E-state index in [1.54, 1.807) is 18.3 Å². The summed E-state index contributed by atoms with van der Waals surface area (Å²) in [6.45, 7) is 3.21. The number of thiophene rings is 1. The third-order valence-electron chi connectivity index (χ3n) is 4.35. The van der Waals surface area contributed by atoms with E-state index in [9.17, 15) is 9.90 Å². The van der Waals surface area contributed by atoms with Gasteiger partial charge in [0.2, 0.25) is 5.91 Å². The first-order chi connectivity index (χ1) is 11.1. The van der Waals surface area contributed by atoms with Crippen LogP contribution in [0.4, 0.5) is 0 Å². The molecule has 1 saturated heterocycles. The van der Waals surface area contributed by atoms with Gasteiger partial charge in [-0.1, -0.05) is 5.21 Å².